The Labute approximate surface area is 142 Å². The minimum atomic E-state index is -0.894. The zero-order valence-electron chi connectivity index (χ0n) is 14.1. The van der Waals surface area contributed by atoms with Gasteiger partial charge in [-0.3, -0.25) is 9.59 Å². The van der Waals surface area contributed by atoms with Gasteiger partial charge in [0, 0.05) is 19.3 Å². The predicted octanol–water partition coefficient (Wildman–Crippen LogP) is 3.37. The number of carbonyl (C=O) groups is 2. The summed E-state index contributed by atoms with van der Waals surface area (Å²) in [5.74, 6) is -0.299. The standard InChI is InChI=1S/C20H22N2O2/c1-15-8-10-17(11-9-15)21-18(23)20(12-13-20)19(24)22(2)14-16-6-4-3-5-7-16/h3-11H,12-14H2,1-2H3,(H,21,23). The highest BCUT2D eigenvalue weighted by Gasteiger charge is 2.57. The maximum atomic E-state index is 12.8. The average molecular weight is 322 g/mol. The number of benzene rings is 2. The Morgan fingerprint density at radius 1 is 1.04 bits per heavy atom. The third-order valence-corrected chi connectivity index (χ3v) is 4.51. The number of nitrogens with zero attached hydrogens (tertiary/aromatic N) is 1. The van der Waals surface area contributed by atoms with Crippen molar-refractivity contribution in [2.45, 2.75) is 26.3 Å². The van der Waals surface area contributed by atoms with Gasteiger partial charge in [-0.2, -0.15) is 0 Å². The second-order valence-corrected chi connectivity index (χ2v) is 6.55. The van der Waals surface area contributed by atoms with Crippen LogP contribution in [-0.2, 0) is 16.1 Å². The van der Waals surface area contributed by atoms with E-state index in [0.29, 0.717) is 19.4 Å². The van der Waals surface area contributed by atoms with Crippen LogP contribution in [0, 0.1) is 12.3 Å². The number of carbonyl (C=O) groups excluding carboxylic acids is 2. The van der Waals surface area contributed by atoms with E-state index in [1.807, 2.05) is 61.5 Å². The molecule has 1 saturated carbocycles. The van der Waals surface area contributed by atoms with E-state index in [-0.39, 0.29) is 11.8 Å². The molecule has 0 aliphatic heterocycles. The van der Waals surface area contributed by atoms with E-state index in [0.717, 1.165) is 16.8 Å². The van der Waals surface area contributed by atoms with Crippen LogP contribution in [0.25, 0.3) is 0 Å². The number of hydrogen-bond donors (Lipinski definition) is 1. The molecule has 0 aromatic heterocycles. The minimum absolute atomic E-state index is 0.101. The summed E-state index contributed by atoms with van der Waals surface area (Å²) in [5, 5.41) is 2.89. The number of anilines is 1. The van der Waals surface area contributed by atoms with Gasteiger partial charge in [-0.05, 0) is 37.5 Å². The Kier molecular flexibility index (Phi) is 4.38. The summed E-state index contributed by atoms with van der Waals surface area (Å²) < 4.78 is 0. The van der Waals surface area contributed by atoms with E-state index in [1.165, 1.54) is 0 Å². The molecule has 124 valence electrons. The van der Waals surface area contributed by atoms with Gasteiger partial charge in [-0.15, -0.1) is 0 Å². The molecule has 4 heteroatoms. The number of amides is 2. The molecule has 1 N–H and O–H groups in total. The van der Waals surface area contributed by atoms with Crippen LogP contribution in [0.3, 0.4) is 0 Å². The van der Waals surface area contributed by atoms with Crippen LogP contribution in [0.15, 0.2) is 54.6 Å². The van der Waals surface area contributed by atoms with Crippen LogP contribution in [0.5, 0.6) is 0 Å². The first-order chi connectivity index (χ1) is 11.5. The van der Waals surface area contributed by atoms with Crippen LogP contribution in [0.2, 0.25) is 0 Å². The molecule has 4 nitrogen and oxygen atoms in total. The van der Waals surface area contributed by atoms with Crippen LogP contribution in [0.1, 0.15) is 24.0 Å². The molecular weight excluding hydrogens is 300 g/mol. The number of aryl methyl sites for hydroxylation is 1. The lowest BCUT2D eigenvalue weighted by Crippen LogP contribution is -2.40. The Balaban J connectivity index is 1.67. The van der Waals surface area contributed by atoms with Crippen molar-refractivity contribution in [3.8, 4) is 0 Å². The first kappa shape index (κ1) is 16.2. The number of hydrogen-bond acceptors (Lipinski definition) is 2. The van der Waals surface area contributed by atoms with Crippen molar-refractivity contribution >= 4 is 17.5 Å². The van der Waals surface area contributed by atoms with E-state index < -0.39 is 5.41 Å². The second-order valence-electron chi connectivity index (χ2n) is 6.55. The molecule has 0 bridgehead atoms. The highest BCUT2D eigenvalue weighted by atomic mass is 16.2. The topological polar surface area (TPSA) is 49.4 Å². The Morgan fingerprint density at radius 3 is 2.25 bits per heavy atom. The summed E-state index contributed by atoms with van der Waals surface area (Å²) in [6.45, 7) is 2.51. The van der Waals surface area contributed by atoms with E-state index in [1.54, 1.807) is 11.9 Å². The van der Waals surface area contributed by atoms with Crippen LogP contribution in [-0.4, -0.2) is 23.8 Å². The molecule has 0 atom stereocenters. The molecule has 24 heavy (non-hydrogen) atoms. The molecule has 1 aliphatic rings. The van der Waals surface area contributed by atoms with Crippen LogP contribution in [0.4, 0.5) is 5.69 Å². The Bertz CT molecular complexity index is 734. The van der Waals surface area contributed by atoms with Gasteiger partial charge in [0.05, 0.1) is 0 Å². The van der Waals surface area contributed by atoms with E-state index in [2.05, 4.69) is 5.32 Å². The molecule has 0 radical (unpaired) electrons. The van der Waals surface area contributed by atoms with Gasteiger partial charge in [0.2, 0.25) is 11.8 Å². The maximum absolute atomic E-state index is 12.8. The van der Waals surface area contributed by atoms with Crippen molar-refractivity contribution in [2.75, 3.05) is 12.4 Å². The molecule has 0 heterocycles. The lowest BCUT2D eigenvalue weighted by atomic mass is 10.0. The number of nitrogens with one attached hydrogen (secondary N) is 1. The first-order valence-corrected chi connectivity index (χ1v) is 8.19. The van der Waals surface area contributed by atoms with Crippen molar-refractivity contribution in [3.05, 3.63) is 65.7 Å². The highest BCUT2D eigenvalue weighted by Crippen LogP contribution is 2.48. The van der Waals surface area contributed by atoms with Gasteiger partial charge in [-0.25, -0.2) is 0 Å². The minimum Gasteiger partial charge on any atom is -0.340 e. The van der Waals surface area contributed by atoms with E-state index in [9.17, 15) is 9.59 Å². The van der Waals surface area contributed by atoms with E-state index in [4.69, 9.17) is 0 Å². The quantitative estimate of drug-likeness (QED) is 0.858. The fraction of sp³-hybridized carbons (Fsp3) is 0.300. The van der Waals surface area contributed by atoms with Crippen LogP contribution >= 0.6 is 0 Å². The van der Waals surface area contributed by atoms with Gasteiger partial charge in [0.15, 0.2) is 0 Å². The maximum Gasteiger partial charge on any atom is 0.240 e. The fourth-order valence-electron chi connectivity index (χ4n) is 2.85. The summed E-state index contributed by atoms with van der Waals surface area (Å²) in [4.78, 5) is 27.1. The summed E-state index contributed by atoms with van der Waals surface area (Å²) in [5.41, 5.74) is 2.03. The van der Waals surface area contributed by atoms with Crippen molar-refractivity contribution < 1.29 is 9.59 Å². The SMILES string of the molecule is Cc1ccc(NC(=O)C2(C(=O)N(C)Cc3ccccc3)CC2)cc1. The molecule has 0 spiro atoms. The summed E-state index contributed by atoms with van der Waals surface area (Å²) in [6.07, 6.45) is 1.23. The molecule has 0 saturated heterocycles. The molecule has 1 fully saturated rings. The summed E-state index contributed by atoms with van der Waals surface area (Å²) in [7, 11) is 1.76. The van der Waals surface area contributed by atoms with Crippen molar-refractivity contribution in [1.82, 2.24) is 4.90 Å². The lowest BCUT2D eigenvalue weighted by molar-refractivity contribution is -0.141. The third kappa shape index (κ3) is 3.32. The van der Waals surface area contributed by atoms with Gasteiger partial charge in [-0.1, -0.05) is 48.0 Å². The van der Waals surface area contributed by atoms with Crippen molar-refractivity contribution in [3.63, 3.8) is 0 Å². The summed E-state index contributed by atoms with van der Waals surface area (Å²) >= 11 is 0. The average Bonchev–Trinajstić information content (AvgIpc) is 3.39. The molecular formula is C20H22N2O2. The number of rotatable bonds is 5. The first-order valence-electron chi connectivity index (χ1n) is 8.19. The van der Waals surface area contributed by atoms with Gasteiger partial charge in [0.1, 0.15) is 5.41 Å². The van der Waals surface area contributed by atoms with Crippen molar-refractivity contribution in [2.24, 2.45) is 5.41 Å². The molecule has 2 aromatic rings. The van der Waals surface area contributed by atoms with Crippen molar-refractivity contribution in [1.29, 1.82) is 0 Å². The van der Waals surface area contributed by atoms with Gasteiger partial charge < -0.3 is 10.2 Å². The van der Waals surface area contributed by atoms with Crippen LogP contribution < -0.4 is 5.32 Å². The smallest absolute Gasteiger partial charge is 0.240 e. The summed E-state index contributed by atoms with van der Waals surface area (Å²) in [6, 6.07) is 17.4. The highest BCUT2D eigenvalue weighted by molar-refractivity contribution is 6.12. The Morgan fingerprint density at radius 2 is 1.67 bits per heavy atom. The van der Waals surface area contributed by atoms with Gasteiger partial charge in [0.25, 0.3) is 0 Å². The largest absolute Gasteiger partial charge is 0.340 e. The fourth-order valence-corrected chi connectivity index (χ4v) is 2.85. The molecule has 3 rings (SSSR count). The molecule has 0 unspecified atom stereocenters. The molecule has 1 aliphatic carbocycles. The predicted molar refractivity (Wildman–Crippen MR) is 94.4 cm³/mol. The Hall–Kier alpha value is -2.62. The van der Waals surface area contributed by atoms with Gasteiger partial charge >= 0.3 is 0 Å². The van der Waals surface area contributed by atoms with E-state index >= 15 is 0 Å². The monoisotopic (exact) mass is 322 g/mol. The second kappa shape index (κ2) is 6.48. The lowest BCUT2D eigenvalue weighted by Gasteiger charge is -2.23. The third-order valence-electron chi connectivity index (χ3n) is 4.51. The molecule has 2 amide bonds. The zero-order chi connectivity index (χ0) is 17.2. The normalized spacial score (nSPS) is 14.8. The molecule has 2 aromatic carbocycles. The zero-order valence-corrected chi connectivity index (χ0v) is 14.1.